The SMILES string of the molecule is Cc1nc(-c2ccccc2)cc(N2CCN(C(=O)c3cc([N+](=O)[O-])c(C)c([N+](=O)[O-])c3)CC2)n1. The van der Waals surface area contributed by atoms with Crippen LogP contribution in [-0.2, 0) is 0 Å². The molecular formula is C23H22N6O5. The molecule has 11 nitrogen and oxygen atoms in total. The highest BCUT2D eigenvalue weighted by atomic mass is 16.6. The Labute approximate surface area is 195 Å². The minimum atomic E-state index is -0.710. The summed E-state index contributed by atoms with van der Waals surface area (Å²) in [6.07, 6.45) is 0. The van der Waals surface area contributed by atoms with Gasteiger partial charge in [0.05, 0.1) is 21.1 Å². The second-order valence-electron chi connectivity index (χ2n) is 7.96. The molecule has 0 spiro atoms. The molecule has 3 aromatic rings. The van der Waals surface area contributed by atoms with Crippen molar-refractivity contribution < 1.29 is 14.6 Å². The summed E-state index contributed by atoms with van der Waals surface area (Å²) in [5.74, 6) is 0.906. The number of nitro groups is 2. The quantitative estimate of drug-likeness (QED) is 0.415. The number of anilines is 1. The number of amides is 1. The highest BCUT2D eigenvalue weighted by Crippen LogP contribution is 2.30. The first-order valence-corrected chi connectivity index (χ1v) is 10.6. The number of nitrogens with zero attached hydrogens (tertiary/aromatic N) is 6. The van der Waals surface area contributed by atoms with Gasteiger partial charge < -0.3 is 9.80 Å². The van der Waals surface area contributed by atoms with Gasteiger partial charge in [0, 0.05) is 49.9 Å². The van der Waals surface area contributed by atoms with Crippen molar-refractivity contribution in [3.63, 3.8) is 0 Å². The van der Waals surface area contributed by atoms with E-state index >= 15 is 0 Å². The second-order valence-corrected chi connectivity index (χ2v) is 7.96. The third kappa shape index (κ3) is 4.53. The fourth-order valence-electron chi connectivity index (χ4n) is 3.98. The molecule has 1 aliphatic heterocycles. The van der Waals surface area contributed by atoms with Gasteiger partial charge in [0.15, 0.2) is 0 Å². The topological polar surface area (TPSA) is 136 Å². The van der Waals surface area contributed by atoms with Gasteiger partial charge in [-0.25, -0.2) is 9.97 Å². The van der Waals surface area contributed by atoms with Gasteiger partial charge in [0.25, 0.3) is 17.3 Å². The van der Waals surface area contributed by atoms with Crippen LogP contribution in [0.25, 0.3) is 11.3 Å². The van der Waals surface area contributed by atoms with E-state index in [0.717, 1.165) is 29.2 Å². The van der Waals surface area contributed by atoms with Gasteiger partial charge >= 0.3 is 0 Å². The van der Waals surface area contributed by atoms with E-state index in [4.69, 9.17) is 0 Å². The molecule has 2 aromatic carbocycles. The molecule has 0 unspecified atom stereocenters. The van der Waals surface area contributed by atoms with Gasteiger partial charge in [0.1, 0.15) is 17.2 Å². The van der Waals surface area contributed by atoms with Crippen molar-refractivity contribution in [2.45, 2.75) is 13.8 Å². The number of carbonyl (C=O) groups excluding carboxylic acids is 1. The van der Waals surface area contributed by atoms with Gasteiger partial charge in [-0.15, -0.1) is 0 Å². The first-order chi connectivity index (χ1) is 16.2. The average Bonchev–Trinajstić information content (AvgIpc) is 2.83. The number of benzene rings is 2. The molecule has 2 heterocycles. The second kappa shape index (κ2) is 9.22. The Morgan fingerprint density at radius 2 is 1.47 bits per heavy atom. The van der Waals surface area contributed by atoms with E-state index in [1.54, 1.807) is 4.90 Å². The Balaban J connectivity index is 1.53. The largest absolute Gasteiger partial charge is 0.353 e. The van der Waals surface area contributed by atoms with Crippen LogP contribution in [0.15, 0.2) is 48.5 Å². The fourth-order valence-corrected chi connectivity index (χ4v) is 3.98. The van der Waals surface area contributed by atoms with Crippen molar-refractivity contribution in [2.24, 2.45) is 0 Å². The van der Waals surface area contributed by atoms with Crippen molar-refractivity contribution in [1.82, 2.24) is 14.9 Å². The van der Waals surface area contributed by atoms with E-state index in [1.165, 1.54) is 6.92 Å². The van der Waals surface area contributed by atoms with Crippen LogP contribution in [0.3, 0.4) is 0 Å². The van der Waals surface area contributed by atoms with E-state index in [0.29, 0.717) is 32.0 Å². The van der Waals surface area contributed by atoms with Gasteiger partial charge in [0.2, 0.25) is 0 Å². The van der Waals surface area contributed by atoms with Crippen molar-refractivity contribution in [1.29, 1.82) is 0 Å². The zero-order chi connectivity index (χ0) is 24.4. The van der Waals surface area contributed by atoms with E-state index in [-0.39, 0.29) is 11.1 Å². The lowest BCUT2D eigenvalue weighted by Gasteiger charge is -2.35. The molecule has 34 heavy (non-hydrogen) atoms. The highest BCUT2D eigenvalue weighted by Gasteiger charge is 2.29. The van der Waals surface area contributed by atoms with E-state index in [2.05, 4.69) is 9.97 Å². The Morgan fingerprint density at radius 3 is 2.03 bits per heavy atom. The molecule has 0 radical (unpaired) electrons. The summed E-state index contributed by atoms with van der Waals surface area (Å²) in [6.45, 7) is 4.80. The first-order valence-electron chi connectivity index (χ1n) is 10.6. The molecule has 1 fully saturated rings. The molecular weight excluding hydrogens is 440 g/mol. The summed E-state index contributed by atoms with van der Waals surface area (Å²) in [5.41, 5.74) is 0.750. The number of aryl methyl sites for hydroxylation is 1. The zero-order valence-corrected chi connectivity index (χ0v) is 18.7. The molecule has 1 amide bonds. The van der Waals surface area contributed by atoms with E-state index in [1.807, 2.05) is 48.2 Å². The zero-order valence-electron chi connectivity index (χ0n) is 18.7. The molecule has 0 atom stereocenters. The summed E-state index contributed by atoms with van der Waals surface area (Å²) >= 11 is 0. The van der Waals surface area contributed by atoms with Gasteiger partial charge in [-0.1, -0.05) is 30.3 Å². The van der Waals surface area contributed by atoms with Gasteiger partial charge in [-0.2, -0.15) is 0 Å². The Kier molecular flexibility index (Phi) is 6.17. The fraction of sp³-hybridized carbons (Fsp3) is 0.261. The molecule has 11 heteroatoms. The third-order valence-corrected chi connectivity index (χ3v) is 5.78. The molecule has 1 saturated heterocycles. The molecule has 0 bridgehead atoms. The number of carbonyl (C=O) groups is 1. The number of rotatable bonds is 5. The highest BCUT2D eigenvalue weighted by molar-refractivity contribution is 5.96. The first kappa shape index (κ1) is 22.8. The predicted octanol–water partition coefficient (Wildman–Crippen LogP) is 3.54. The Hall–Kier alpha value is -4.41. The lowest BCUT2D eigenvalue weighted by molar-refractivity contribution is -0.395. The van der Waals surface area contributed by atoms with Crippen LogP contribution in [0.4, 0.5) is 17.2 Å². The predicted molar refractivity (Wildman–Crippen MR) is 125 cm³/mol. The molecule has 4 rings (SSSR count). The number of hydrogen-bond donors (Lipinski definition) is 0. The van der Waals surface area contributed by atoms with Gasteiger partial charge in [-0.3, -0.25) is 25.0 Å². The van der Waals surface area contributed by atoms with Crippen molar-refractivity contribution >= 4 is 23.1 Å². The van der Waals surface area contributed by atoms with Crippen LogP contribution in [0.5, 0.6) is 0 Å². The van der Waals surface area contributed by atoms with Gasteiger partial charge in [-0.05, 0) is 13.8 Å². The van der Waals surface area contributed by atoms with Crippen LogP contribution >= 0.6 is 0 Å². The lowest BCUT2D eigenvalue weighted by Crippen LogP contribution is -2.49. The van der Waals surface area contributed by atoms with Crippen molar-refractivity contribution in [3.05, 3.63) is 85.7 Å². The maximum atomic E-state index is 13.0. The van der Waals surface area contributed by atoms with Crippen molar-refractivity contribution in [2.75, 3.05) is 31.1 Å². The van der Waals surface area contributed by atoms with Crippen LogP contribution in [0.2, 0.25) is 0 Å². The number of nitro benzene ring substituents is 2. The number of aromatic nitrogens is 2. The van der Waals surface area contributed by atoms with Crippen LogP contribution < -0.4 is 4.90 Å². The summed E-state index contributed by atoms with van der Waals surface area (Å²) in [7, 11) is 0. The van der Waals surface area contributed by atoms with Crippen LogP contribution in [0, 0.1) is 34.1 Å². The maximum absolute atomic E-state index is 13.0. The monoisotopic (exact) mass is 462 g/mol. The van der Waals surface area contributed by atoms with Crippen LogP contribution in [0.1, 0.15) is 21.7 Å². The standard InChI is InChI=1S/C23H22N6O5/c1-15-20(28(31)32)12-18(13-21(15)29(33)34)23(30)27-10-8-26(9-11-27)22-14-19(24-16(2)25-22)17-6-4-3-5-7-17/h3-7,12-14H,8-11H2,1-2H3. The molecule has 0 aliphatic carbocycles. The minimum Gasteiger partial charge on any atom is -0.353 e. The molecule has 1 aliphatic rings. The summed E-state index contributed by atoms with van der Waals surface area (Å²) in [4.78, 5) is 47.0. The molecule has 0 N–H and O–H groups in total. The average molecular weight is 462 g/mol. The van der Waals surface area contributed by atoms with E-state index < -0.39 is 27.1 Å². The Bertz CT molecular complexity index is 1240. The number of hydrogen-bond acceptors (Lipinski definition) is 8. The molecule has 1 aromatic heterocycles. The Morgan fingerprint density at radius 1 is 0.882 bits per heavy atom. The normalized spacial score (nSPS) is 13.6. The molecule has 174 valence electrons. The number of piperazine rings is 1. The van der Waals surface area contributed by atoms with Crippen LogP contribution in [-0.4, -0.2) is 56.8 Å². The third-order valence-electron chi connectivity index (χ3n) is 5.78. The summed E-state index contributed by atoms with van der Waals surface area (Å²) in [6, 6.07) is 13.9. The summed E-state index contributed by atoms with van der Waals surface area (Å²) < 4.78 is 0. The van der Waals surface area contributed by atoms with Crippen molar-refractivity contribution in [3.8, 4) is 11.3 Å². The lowest BCUT2D eigenvalue weighted by atomic mass is 10.1. The minimum absolute atomic E-state index is 0.0679. The molecule has 0 saturated carbocycles. The van der Waals surface area contributed by atoms with E-state index in [9.17, 15) is 25.0 Å². The summed E-state index contributed by atoms with van der Waals surface area (Å²) in [5, 5.41) is 22.7. The smallest absolute Gasteiger partial charge is 0.279 e. The maximum Gasteiger partial charge on any atom is 0.279 e.